The van der Waals surface area contributed by atoms with E-state index < -0.39 is 41.2 Å². The van der Waals surface area contributed by atoms with E-state index in [2.05, 4.69) is 41.7 Å². The Morgan fingerprint density at radius 3 is 1.52 bits per heavy atom. The molecule has 1 saturated heterocycles. The maximum absolute atomic E-state index is 13.3. The molecule has 11 nitrogen and oxygen atoms in total. The summed E-state index contributed by atoms with van der Waals surface area (Å²) in [7, 11) is 3.26. The van der Waals surface area contributed by atoms with E-state index >= 15 is 0 Å². The van der Waals surface area contributed by atoms with E-state index in [9.17, 15) is 9.90 Å². The van der Waals surface area contributed by atoms with Crippen LogP contribution in [0.2, 0.25) is 0 Å². The molecule has 0 saturated carbocycles. The number of aromatic nitrogens is 3. The number of carbonyl (C=O) groups is 1. The van der Waals surface area contributed by atoms with Crippen LogP contribution in [0.25, 0.3) is 11.2 Å². The highest BCUT2D eigenvalue weighted by Crippen LogP contribution is 2.48. The van der Waals surface area contributed by atoms with Crippen LogP contribution >= 0.6 is 0 Å². The highest BCUT2D eigenvalue weighted by molar-refractivity contribution is 6.00. The zero-order valence-corrected chi connectivity index (χ0v) is 38.2. The van der Waals surface area contributed by atoms with Crippen molar-refractivity contribution in [3.63, 3.8) is 0 Å². The minimum atomic E-state index is -1.35. The van der Waals surface area contributed by atoms with Crippen molar-refractivity contribution in [3.05, 3.63) is 222 Å². The fourth-order valence-corrected chi connectivity index (χ4v) is 8.95. The van der Waals surface area contributed by atoms with E-state index in [4.69, 9.17) is 33.7 Å². The molecular weight excluding hydrogens is 841 g/mol. The third-order valence-electron chi connectivity index (χ3n) is 12.5. The molecule has 1 amide bonds. The summed E-state index contributed by atoms with van der Waals surface area (Å²) < 4.78 is 35.1. The first kappa shape index (κ1) is 45.0. The number of hydrogen-bond acceptors (Lipinski definition) is 9. The van der Waals surface area contributed by atoms with Crippen molar-refractivity contribution < 1.29 is 33.6 Å². The van der Waals surface area contributed by atoms with Gasteiger partial charge in [-0.2, -0.15) is 0 Å². The van der Waals surface area contributed by atoms with Crippen molar-refractivity contribution in [1.29, 1.82) is 0 Å². The van der Waals surface area contributed by atoms with Gasteiger partial charge >= 0.3 is 0 Å². The lowest BCUT2D eigenvalue weighted by Crippen LogP contribution is -2.45. The molecule has 0 unspecified atom stereocenters. The van der Waals surface area contributed by atoms with E-state index in [1.165, 1.54) is 0 Å². The topological polar surface area (TPSA) is 126 Å². The summed E-state index contributed by atoms with van der Waals surface area (Å²) in [5.74, 6) is 1.17. The van der Waals surface area contributed by atoms with Crippen LogP contribution in [0, 0.1) is 5.41 Å². The lowest BCUT2D eigenvalue weighted by molar-refractivity contribution is -0.123. The van der Waals surface area contributed by atoms with Gasteiger partial charge in [0.15, 0.2) is 11.9 Å². The quantitative estimate of drug-likeness (QED) is 0.0968. The number of imidazole rings is 1. The Kier molecular flexibility index (Phi) is 12.8. The predicted octanol–water partition coefficient (Wildman–Crippen LogP) is 10.1. The second kappa shape index (κ2) is 19.0. The summed E-state index contributed by atoms with van der Waals surface area (Å²) in [5, 5.41) is 16.1. The summed E-state index contributed by atoms with van der Waals surface area (Å²) in [5.41, 5.74) is 3.30. The zero-order chi connectivity index (χ0) is 46.6. The second-order valence-electron chi connectivity index (χ2n) is 17.6. The van der Waals surface area contributed by atoms with Gasteiger partial charge in [-0.1, -0.05) is 166 Å². The number of nitrogens with zero attached hydrogens (tertiary/aromatic N) is 3. The van der Waals surface area contributed by atoms with E-state index in [1.807, 2.05) is 154 Å². The molecule has 1 fully saturated rings. The zero-order valence-electron chi connectivity index (χ0n) is 38.2. The number of aliphatic hydroxyl groups is 1. The number of methoxy groups -OCH3 is 2. The van der Waals surface area contributed by atoms with Crippen LogP contribution < -0.4 is 14.8 Å². The molecule has 0 radical (unpaired) electrons. The van der Waals surface area contributed by atoms with Crippen molar-refractivity contribution in [1.82, 2.24) is 14.5 Å². The number of rotatable bonds is 15. The molecule has 0 bridgehead atoms. The molecule has 9 rings (SSSR count). The van der Waals surface area contributed by atoms with Gasteiger partial charge in [-0.25, -0.2) is 9.97 Å². The Morgan fingerprint density at radius 1 is 0.627 bits per heavy atom. The second-order valence-corrected chi connectivity index (χ2v) is 17.6. The molecule has 1 aliphatic heterocycles. The molecule has 67 heavy (non-hydrogen) atoms. The molecule has 11 heteroatoms. The van der Waals surface area contributed by atoms with Gasteiger partial charge in [-0.15, -0.1) is 0 Å². The number of pyridine rings is 1. The lowest BCUT2D eigenvalue weighted by atomic mass is 9.79. The highest BCUT2D eigenvalue weighted by Gasteiger charge is 2.53. The van der Waals surface area contributed by atoms with Crippen molar-refractivity contribution in [2.24, 2.45) is 5.41 Å². The molecule has 4 atom stereocenters. The normalized spacial score (nSPS) is 17.6. The Balaban J connectivity index is 1.21. The minimum Gasteiger partial charge on any atom is -0.497 e. The van der Waals surface area contributed by atoms with E-state index in [1.54, 1.807) is 37.4 Å². The van der Waals surface area contributed by atoms with Gasteiger partial charge in [-0.05, 0) is 63.7 Å². The van der Waals surface area contributed by atoms with Gasteiger partial charge in [0, 0.05) is 11.6 Å². The van der Waals surface area contributed by atoms with Crippen LogP contribution in [0.1, 0.15) is 60.4 Å². The first-order valence-electron chi connectivity index (χ1n) is 22.4. The maximum atomic E-state index is 13.3. The number of amides is 1. The van der Waals surface area contributed by atoms with Crippen molar-refractivity contribution in [3.8, 4) is 11.5 Å². The van der Waals surface area contributed by atoms with E-state index in [-0.39, 0.29) is 12.5 Å². The Morgan fingerprint density at radius 2 is 1.07 bits per heavy atom. The van der Waals surface area contributed by atoms with Crippen LogP contribution in [-0.4, -0.2) is 64.7 Å². The Hall–Kier alpha value is -7.15. The first-order valence-corrected chi connectivity index (χ1v) is 22.4. The molecule has 0 spiro atoms. The fraction of sp³-hybridized carbons (Fsp3) is 0.232. The SMILES string of the molecule is COc1ccc(C(O[C@@H]2[C@H](O)[C@@H](COC(c3ccccc3)(c3ccccc3)c3ccccc3)O[C@H]2n2cnc3c(NC(=O)C(C)(C)C)ccnc32)(c2ccccc2)c2ccc(OC)cc2)cc1. The summed E-state index contributed by atoms with van der Waals surface area (Å²) >= 11 is 0. The average Bonchev–Trinajstić information content (AvgIpc) is 3.94. The van der Waals surface area contributed by atoms with Gasteiger partial charge in [-0.3, -0.25) is 9.36 Å². The number of carbonyl (C=O) groups excluding carboxylic acids is 1. The number of anilines is 1. The fourth-order valence-electron chi connectivity index (χ4n) is 8.95. The maximum Gasteiger partial charge on any atom is 0.229 e. The minimum absolute atomic E-state index is 0.0629. The Bertz CT molecular complexity index is 2740. The van der Waals surface area contributed by atoms with Gasteiger partial charge in [0.2, 0.25) is 5.91 Å². The van der Waals surface area contributed by atoms with E-state index in [0.29, 0.717) is 28.4 Å². The van der Waals surface area contributed by atoms with E-state index in [0.717, 1.165) is 33.4 Å². The smallest absolute Gasteiger partial charge is 0.229 e. The molecule has 340 valence electrons. The highest BCUT2D eigenvalue weighted by atomic mass is 16.6. The Labute approximate surface area is 390 Å². The van der Waals surface area contributed by atoms with Gasteiger partial charge < -0.3 is 34.1 Å². The number of ether oxygens (including phenoxy) is 5. The molecule has 8 aromatic rings. The number of nitrogens with one attached hydrogen (secondary N) is 1. The van der Waals surface area contributed by atoms with Gasteiger partial charge in [0.1, 0.15) is 46.5 Å². The first-order chi connectivity index (χ1) is 32.6. The molecule has 2 aromatic heterocycles. The average molecular weight is 895 g/mol. The molecule has 3 heterocycles. The summed E-state index contributed by atoms with van der Waals surface area (Å²) in [6.45, 7) is 5.49. The summed E-state index contributed by atoms with van der Waals surface area (Å²) in [6, 6.07) is 57.4. The number of fused-ring (bicyclic) bond motifs is 1. The van der Waals surface area contributed by atoms with Gasteiger partial charge in [0.25, 0.3) is 0 Å². The predicted molar refractivity (Wildman–Crippen MR) is 258 cm³/mol. The number of hydrogen-bond donors (Lipinski definition) is 2. The number of benzene rings is 6. The van der Waals surface area contributed by atoms with Crippen LogP contribution in [-0.2, 0) is 30.2 Å². The molecule has 2 N–H and O–H groups in total. The monoisotopic (exact) mass is 894 g/mol. The molecule has 1 aliphatic rings. The number of aliphatic hydroxyl groups excluding tert-OH is 1. The third kappa shape index (κ3) is 8.58. The third-order valence-corrected chi connectivity index (χ3v) is 12.5. The van der Waals surface area contributed by atoms with Crippen molar-refractivity contribution in [2.75, 3.05) is 26.1 Å². The molecule has 0 aliphatic carbocycles. The summed E-state index contributed by atoms with van der Waals surface area (Å²) in [6.07, 6.45) is -1.11. The molecular formula is C56H54N4O7. The van der Waals surface area contributed by atoms with Crippen LogP contribution in [0.5, 0.6) is 11.5 Å². The van der Waals surface area contributed by atoms with Crippen molar-refractivity contribution in [2.45, 2.75) is 56.5 Å². The van der Waals surface area contributed by atoms with Crippen molar-refractivity contribution >= 4 is 22.8 Å². The van der Waals surface area contributed by atoms with Gasteiger partial charge in [0.05, 0.1) is 32.8 Å². The van der Waals surface area contributed by atoms with Crippen LogP contribution in [0.15, 0.2) is 188 Å². The van der Waals surface area contributed by atoms with Crippen LogP contribution in [0.3, 0.4) is 0 Å². The molecule has 6 aromatic carbocycles. The largest absolute Gasteiger partial charge is 0.497 e. The standard InChI is InChI=1S/C56H54N4O7/c1-54(2,3)53(62)59-46-34-35-57-51-48(46)58-37-60(51)52-50(67-56(41-24-16-9-17-25-41,42-26-30-44(63-4)31-27-42)43-28-32-45(64-5)33-29-43)49(61)47(66-52)36-65-55(38-18-10-6-11-19-38,39-20-12-7-13-21-39)40-22-14-8-15-23-40/h6-35,37,47,49-50,52,61H,36H2,1-5H3,(H,57,59,62)/t47-,49-,50-,52-/m1/s1. The van der Waals surface area contributed by atoms with Crippen LogP contribution in [0.4, 0.5) is 5.69 Å². The lowest BCUT2D eigenvalue weighted by Gasteiger charge is -2.40. The summed E-state index contributed by atoms with van der Waals surface area (Å²) in [4.78, 5) is 22.9.